The van der Waals surface area contributed by atoms with Gasteiger partial charge in [-0.25, -0.2) is 9.59 Å². The first-order valence-electron chi connectivity index (χ1n) is 5.89. The van der Waals surface area contributed by atoms with E-state index in [0.717, 1.165) is 0 Å². The zero-order chi connectivity index (χ0) is 13.7. The van der Waals surface area contributed by atoms with Gasteiger partial charge in [0.1, 0.15) is 6.04 Å². The summed E-state index contributed by atoms with van der Waals surface area (Å²) in [5.74, 6) is -0.980. The Hall–Kier alpha value is -1.34. The van der Waals surface area contributed by atoms with Crippen LogP contribution in [0, 0.1) is 0 Å². The van der Waals surface area contributed by atoms with Crippen LogP contribution in [0.1, 0.15) is 12.8 Å². The fourth-order valence-corrected chi connectivity index (χ4v) is 2.11. The third-order valence-electron chi connectivity index (χ3n) is 2.95. The van der Waals surface area contributed by atoms with Crippen molar-refractivity contribution < 1.29 is 24.5 Å². The quantitative estimate of drug-likeness (QED) is 0.701. The molecule has 1 heterocycles. The first-order chi connectivity index (χ1) is 8.47. The van der Waals surface area contributed by atoms with Crippen LogP contribution in [0.4, 0.5) is 4.79 Å². The van der Waals surface area contributed by atoms with Gasteiger partial charge in [-0.1, -0.05) is 0 Å². The minimum absolute atomic E-state index is 0.121. The lowest BCUT2D eigenvalue weighted by Gasteiger charge is -2.28. The molecule has 0 saturated carbocycles. The van der Waals surface area contributed by atoms with Gasteiger partial charge in [0.25, 0.3) is 0 Å². The Labute approximate surface area is 106 Å². The van der Waals surface area contributed by atoms with Crippen molar-refractivity contribution in [1.82, 2.24) is 9.80 Å². The third kappa shape index (κ3) is 3.58. The smallest absolute Gasteiger partial charge is 0.326 e. The molecule has 2 amide bonds. The summed E-state index contributed by atoms with van der Waals surface area (Å²) in [7, 11) is 3.00. The number of nitrogens with zero attached hydrogens (tertiary/aromatic N) is 2. The van der Waals surface area contributed by atoms with Gasteiger partial charge in [0, 0.05) is 20.7 Å². The number of hydrogen-bond acceptors (Lipinski definition) is 4. The van der Waals surface area contributed by atoms with Crippen LogP contribution in [0.5, 0.6) is 0 Å². The van der Waals surface area contributed by atoms with Crippen molar-refractivity contribution in [2.45, 2.75) is 25.0 Å². The van der Waals surface area contributed by atoms with Gasteiger partial charge in [-0.15, -0.1) is 0 Å². The SMILES string of the molecule is COCC(O)CN(C)C(=O)N1CCC[C@H]1C(=O)O. The molecular formula is C11H20N2O5. The molecule has 0 bridgehead atoms. The minimum Gasteiger partial charge on any atom is -0.480 e. The molecule has 1 rings (SSSR count). The molecule has 1 saturated heterocycles. The number of carbonyl (C=O) groups excluding carboxylic acids is 1. The van der Waals surface area contributed by atoms with E-state index in [1.54, 1.807) is 7.05 Å². The number of aliphatic carboxylic acids is 1. The van der Waals surface area contributed by atoms with Gasteiger partial charge in [-0.2, -0.15) is 0 Å². The molecule has 0 aromatic carbocycles. The topological polar surface area (TPSA) is 90.3 Å². The van der Waals surface area contributed by atoms with E-state index in [2.05, 4.69) is 0 Å². The van der Waals surface area contributed by atoms with Gasteiger partial charge in [0.2, 0.25) is 0 Å². The van der Waals surface area contributed by atoms with Crippen LogP contribution in [-0.4, -0.2) is 78.0 Å². The van der Waals surface area contributed by atoms with E-state index in [1.165, 1.54) is 16.9 Å². The number of aliphatic hydroxyl groups excluding tert-OH is 1. The summed E-state index contributed by atoms with van der Waals surface area (Å²) < 4.78 is 4.77. The maximum absolute atomic E-state index is 12.0. The van der Waals surface area contributed by atoms with Crippen LogP contribution in [0.15, 0.2) is 0 Å². The fraction of sp³-hybridized carbons (Fsp3) is 0.818. The Morgan fingerprint density at radius 2 is 2.22 bits per heavy atom. The van der Waals surface area contributed by atoms with Gasteiger partial charge in [0.05, 0.1) is 19.3 Å². The van der Waals surface area contributed by atoms with E-state index in [9.17, 15) is 14.7 Å². The largest absolute Gasteiger partial charge is 0.480 e. The van der Waals surface area contributed by atoms with Gasteiger partial charge in [-0.3, -0.25) is 0 Å². The second-order valence-corrected chi connectivity index (χ2v) is 4.46. The van der Waals surface area contributed by atoms with E-state index >= 15 is 0 Å². The van der Waals surface area contributed by atoms with Gasteiger partial charge >= 0.3 is 12.0 Å². The van der Waals surface area contributed by atoms with Gasteiger partial charge in [-0.05, 0) is 12.8 Å². The standard InChI is InChI=1S/C11H20N2O5/c1-12(6-8(14)7-18-2)11(17)13-5-3-4-9(13)10(15)16/h8-9,14H,3-7H2,1-2H3,(H,15,16)/t8?,9-/m0/s1. The summed E-state index contributed by atoms with van der Waals surface area (Å²) in [4.78, 5) is 25.7. The Bertz CT molecular complexity index is 310. The van der Waals surface area contributed by atoms with Crippen molar-refractivity contribution in [2.24, 2.45) is 0 Å². The summed E-state index contributed by atoms with van der Waals surface area (Å²) in [5.41, 5.74) is 0. The highest BCUT2D eigenvalue weighted by Gasteiger charge is 2.35. The number of carbonyl (C=O) groups is 2. The number of amides is 2. The van der Waals surface area contributed by atoms with E-state index in [1.807, 2.05) is 0 Å². The summed E-state index contributed by atoms with van der Waals surface area (Å²) in [6.07, 6.45) is 0.405. The highest BCUT2D eigenvalue weighted by Crippen LogP contribution is 2.18. The average Bonchev–Trinajstić information content (AvgIpc) is 2.76. The lowest BCUT2D eigenvalue weighted by atomic mass is 10.2. The van der Waals surface area contributed by atoms with Crippen LogP contribution in [-0.2, 0) is 9.53 Å². The molecule has 0 spiro atoms. The number of methoxy groups -OCH3 is 1. The van der Waals surface area contributed by atoms with E-state index in [0.29, 0.717) is 19.4 Å². The number of rotatable bonds is 5. The van der Waals surface area contributed by atoms with Crippen molar-refractivity contribution in [3.63, 3.8) is 0 Å². The molecule has 7 nitrogen and oxygen atoms in total. The number of likely N-dealkylation sites (N-methyl/N-ethyl adjacent to an activating group) is 1. The molecule has 0 aliphatic carbocycles. The predicted octanol–water partition coefficient (Wildman–Crippen LogP) is -0.405. The van der Waals surface area contributed by atoms with Crippen LogP contribution in [0.2, 0.25) is 0 Å². The molecule has 1 fully saturated rings. The minimum atomic E-state index is -0.980. The number of carboxylic acids is 1. The highest BCUT2D eigenvalue weighted by atomic mass is 16.5. The fourth-order valence-electron chi connectivity index (χ4n) is 2.11. The Morgan fingerprint density at radius 3 is 2.78 bits per heavy atom. The molecule has 1 unspecified atom stereocenters. The average molecular weight is 260 g/mol. The maximum Gasteiger partial charge on any atom is 0.326 e. The molecule has 104 valence electrons. The van der Waals surface area contributed by atoms with Crippen LogP contribution < -0.4 is 0 Å². The van der Waals surface area contributed by atoms with Crippen molar-refractivity contribution in [1.29, 1.82) is 0 Å². The second kappa shape index (κ2) is 6.55. The molecule has 1 aliphatic heterocycles. The number of likely N-dealkylation sites (tertiary alicyclic amines) is 1. The monoisotopic (exact) mass is 260 g/mol. The number of aliphatic hydroxyl groups is 1. The Balaban J connectivity index is 2.55. The van der Waals surface area contributed by atoms with Gasteiger partial charge < -0.3 is 24.7 Å². The van der Waals surface area contributed by atoms with E-state index < -0.39 is 18.1 Å². The Morgan fingerprint density at radius 1 is 1.56 bits per heavy atom. The molecule has 2 N–H and O–H groups in total. The maximum atomic E-state index is 12.0. The van der Waals surface area contributed by atoms with Crippen molar-refractivity contribution in [3.8, 4) is 0 Å². The van der Waals surface area contributed by atoms with Gasteiger partial charge in [0.15, 0.2) is 0 Å². The number of carboxylic acid groups (broad SMARTS) is 1. The van der Waals surface area contributed by atoms with Crippen molar-refractivity contribution in [2.75, 3.05) is 33.9 Å². The predicted molar refractivity (Wildman–Crippen MR) is 63.3 cm³/mol. The first-order valence-corrected chi connectivity index (χ1v) is 5.89. The first kappa shape index (κ1) is 14.7. The summed E-state index contributed by atoms with van der Waals surface area (Å²) in [6.45, 7) is 0.704. The summed E-state index contributed by atoms with van der Waals surface area (Å²) >= 11 is 0. The lowest BCUT2D eigenvalue weighted by Crippen LogP contribution is -2.48. The summed E-state index contributed by atoms with van der Waals surface area (Å²) in [5, 5.41) is 18.5. The lowest BCUT2D eigenvalue weighted by molar-refractivity contribution is -0.141. The highest BCUT2D eigenvalue weighted by molar-refractivity contribution is 5.83. The van der Waals surface area contributed by atoms with Crippen LogP contribution >= 0.6 is 0 Å². The summed E-state index contributed by atoms with van der Waals surface area (Å²) in [6, 6.07) is -1.12. The molecule has 0 aromatic heterocycles. The van der Waals surface area contributed by atoms with Crippen molar-refractivity contribution >= 4 is 12.0 Å². The molecular weight excluding hydrogens is 240 g/mol. The van der Waals surface area contributed by atoms with Crippen molar-refractivity contribution in [3.05, 3.63) is 0 Å². The molecule has 7 heteroatoms. The van der Waals surface area contributed by atoms with E-state index in [-0.39, 0.29) is 19.2 Å². The number of ether oxygens (including phenoxy) is 1. The molecule has 1 aliphatic rings. The zero-order valence-electron chi connectivity index (χ0n) is 10.7. The molecule has 0 aromatic rings. The third-order valence-corrected chi connectivity index (χ3v) is 2.95. The van der Waals surface area contributed by atoms with Crippen LogP contribution in [0.25, 0.3) is 0 Å². The molecule has 18 heavy (non-hydrogen) atoms. The molecule has 2 atom stereocenters. The van der Waals surface area contributed by atoms with Crippen LogP contribution in [0.3, 0.4) is 0 Å². The molecule has 0 radical (unpaired) electrons. The normalized spacial score (nSPS) is 20.8. The Kier molecular flexibility index (Phi) is 5.36. The zero-order valence-corrected chi connectivity index (χ0v) is 10.7. The second-order valence-electron chi connectivity index (χ2n) is 4.46. The van der Waals surface area contributed by atoms with E-state index in [4.69, 9.17) is 9.84 Å². The number of hydrogen-bond donors (Lipinski definition) is 2. The number of urea groups is 1.